The maximum atomic E-state index is 10.7. The van der Waals surface area contributed by atoms with Gasteiger partial charge in [0.25, 0.3) is 0 Å². The van der Waals surface area contributed by atoms with Crippen molar-refractivity contribution in [2.45, 2.75) is 25.7 Å². The molecule has 1 saturated heterocycles. The summed E-state index contributed by atoms with van der Waals surface area (Å²) in [5.74, 6) is -0.897. The molecule has 1 fully saturated rings. The third kappa shape index (κ3) is 2.90. The Morgan fingerprint density at radius 3 is 3.00 bits per heavy atom. The second-order valence-corrected chi connectivity index (χ2v) is 3.01. The molecule has 68 valence electrons. The minimum absolute atomic E-state index is 0.106. The van der Waals surface area contributed by atoms with Crippen LogP contribution in [0, 0.1) is 5.92 Å². The summed E-state index contributed by atoms with van der Waals surface area (Å²) in [6.45, 7) is 0.372. The SMILES string of the molecule is O=C(O)CC1CCOC(=O)CC1. The molecule has 0 aromatic rings. The van der Waals surface area contributed by atoms with Gasteiger partial charge in [-0.15, -0.1) is 0 Å². The van der Waals surface area contributed by atoms with Crippen molar-refractivity contribution in [3.8, 4) is 0 Å². The van der Waals surface area contributed by atoms with Crippen LogP contribution >= 0.6 is 0 Å². The molecule has 1 atom stereocenters. The molecular weight excluding hydrogens is 160 g/mol. The van der Waals surface area contributed by atoms with Crippen molar-refractivity contribution < 1.29 is 19.4 Å². The molecular formula is C8H12O4. The number of carbonyl (C=O) groups is 2. The van der Waals surface area contributed by atoms with Crippen LogP contribution < -0.4 is 0 Å². The van der Waals surface area contributed by atoms with E-state index in [4.69, 9.17) is 9.84 Å². The van der Waals surface area contributed by atoms with Crippen molar-refractivity contribution >= 4 is 11.9 Å². The number of carboxylic acid groups (broad SMARTS) is 1. The minimum atomic E-state index is -0.797. The Morgan fingerprint density at radius 1 is 1.58 bits per heavy atom. The first kappa shape index (κ1) is 9.03. The van der Waals surface area contributed by atoms with Crippen molar-refractivity contribution in [2.75, 3.05) is 6.61 Å². The molecule has 0 bridgehead atoms. The molecule has 0 aromatic carbocycles. The lowest BCUT2D eigenvalue weighted by Gasteiger charge is -2.07. The van der Waals surface area contributed by atoms with Crippen LogP contribution in [-0.2, 0) is 14.3 Å². The van der Waals surface area contributed by atoms with Crippen molar-refractivity contribution in [1.82, 2.24) is 0 Å². The first-order valence-corrected chi connectivity index (χ1v) is 4.06. The molecule has 0 spiro atoms. The molecule has 1 aliphatic rings. The molecule has 1 aliphatic heterocycles. The number of carboxylic acids is 1. The molecule has 0 saturated carbocycles. The highest BCUT2D eigenvalue weighted by atomic mass is 16.5. The maximum absolute atomic E-state index is 10.7. The van der Waals surface area contributed by atoms with Gasteiger partial charge < -0.3 is 9.84 Å². The lowest BCUT2D eigenvalue weighted by Crippen LogP contribution is -2.07. The molecule has 0 aromatic heterocycles. The number of carbonyl (C=O) groups excluding carboxylic acids is 1. The highest BCUT2D eigenvalue weighted by Gasteiger charge is 2.19. The van der Waals surface area contributed by atoms with Gasteiger partial charge in [-0.05, 0) is 18.8 Å². The van der Waals surface area contributed by atoms with Crippen LogP contribution in [0.5, 0.6) is 0 Å². The fourth-order valence-electron chi connectivity index (χ4n) is 1.33. The number of aliphatic carboxylic acids is 1. The van der Waals surface area contributed by atoms with Gasteiger partial charge in [-0.25, -0.2) is 0 Å². The minimum Gasteiger partial charge on any atom is -0.481 e. The third-order valence-electron chi connectivity index (χ3n) is 2.01. The first-order valence-electron chi connectivity index (χ1n) is 4.06. The van der Waals surface area contributed by atoms with E-state index in [9.17, 15) is 9.59 Å². The van der Waals surface area contributed by atoms with E-state index in [-0.39, 0.29) is 18.3 Å². The van der Waals surface area contributed by atoms with Gasteiger partial charge in [-0.1, -0.05) is 0 Å². The van der Waals surface area contributed by atoms with E-state index in [1.54, 1.807) is 0 Å². The van der Waals surface area contributed by atoms with Gasteiger partial charge >= 0.3 is 11.9 Å². The number of hydrogen-bond acceptors (Lipinski definition) is 3. The van der Waals surface area contributed by atoms with Crippen LogP contribution in [0.1, 0.15) is 25.7 Å². The topological polar surface area (TPSA) is 63.6 Å². The number of ether oxygens (including phenoxy) is 1. The van der Waals surface area contributed by atoms with E-state index in [1.807, 2.05) is 0 Å². The van der Waals surface area contributed by atoms with Crippen molar-refractivity contribution in [2.24, 2.45) is 5.92 Å². The Balaban J connectivity index is 2.35. The molecule has 0 aliphatic carbocycles. The van der Waals surface area contributed by atoms with E-state index in [1.165, 1.54) is 0 Å². The Bertz CT molecular complexity index is 187. The lowest BCUT2D eigenvalue weighted by atomic mass is 9.97. The Morgan fingerprint density at radius 2 is 2.33 bits per heavy atom. The number of rotatable bonds is 2. The van der Waals surface area contributed by atoms with Crippen molar-refractivity contribution in [1.29, 1.82) is 0 Å². The molecule has 4 heteroatoms. The normalized spacial score (nSPS) is 24.3. The van der Waals surface area contributed by atoms with Crippen molar-refractivity contribution in [3.05, 3.63) is 0 Å². The van der Waals surface area contributed by atoms with Crippen LogP contribution in [0.25, 0.3) is 0 Å². The van der Waals surface area contributed by atoms with Crippen LogP contribution in [0.2, 0.25) is 0 Å². The van der Waals surface area contributed by atoms with Gasteiger partial charge in [0.05, 0.1) is 6.61 Å². The summed E-state index contributed by atoms with van der Waals surface area (Å²) in [5, 5.41) is 8.50. The summed E-state index contributed by atoms with van der Waals surface area (Å²) in [6.07, 6.45) is 1.83. The van der Waals surface area contributed by atoms with E-state index in [2.05, 4.69) is 0 Å². The Kier molecular flexibility index (Phi) is 3.08. The van der Waals surface area contributed by atoms with Gasteiger partial charge in [0.2, 0.25) is 0 Å². The molecule has 1 N–H and O–H groups in total. The van der Waals surface area contributed by atoms with Gasteiger partial charge in [-0.2, -0.15) is 0 Å². The number of esters is 1. The summed E-state index contributed by atoms with van der Waals surface area (Å²) >= 11 is 0. The van der Waals surface area contributed by atoms with Crippen LogP contribution in [0.15, 0.2) is 0 Å². The van der Waals surface area contributed by atoms with Crippen LogP contribution in [-0.4, -0.2) is 23.7 Å². The molecule has 0 amide bonds. The summed E-state index contributed by atoms with van der Waals surface area (Å²) in [7, 11) is 0. The van der Waals surface area contributed by atoms with Gasteiger partial charge in [0.1, 0.15) is 0 Å². The molecule has 1 unspecified atom stereocenters. The monoisotopic (exact) mass is 172 g/mol. The largest absolute Gasteiger partial charge is 0.481 e. The Hall–Kier alpha value is -1.06. The van der Waals surface area contributed by atoms with E-state index < -0.39 is 5.97 Å². The number of hydrogen-bond donors (Lipinski definition) is 1. The summed E-state index contributed by atoms with van der Waals surface area (Å²) in [4.78, 5) is 21.1. The standard InChI is InChI=1S/C8H12O4/c9-7(10)5-6-1-2-8(11)12-4-3-6/h6H,1-5H2,(H,9,10). The summed E-state index contributed by atoms with van der Waals surface area (Å²) < 4.78 is 4.78. The average molecular weight is 172 g/mol. The lowest BCUT2D eigenvalue weighted by molar-refractivity contribution is -0.142. The smallest absolute Gasteiger partial charge is 0.305 e. The van der Waals surface area contributed by atoms with Gasteiger partial charge in [-0.3, -0.25) is 9.59 Å². The van der Waals surface area contributed by atoms with Crippen LogP contribution in [0.3, 0.4) is 0 Å². The zero-order valence-electron chi connectivity index (χ0n) is 6.78. The third-order valence-corrected chi connectivity index (χ3v) is 2.01. The predicted molar refractivity (Wildman–Crippen MR) is 40.6 cm³/mol. The predicted octanol–water partition coefficient (Wildman–Crippen LogP) is 0.804. The van der Waals surface area contributed by atoms with Crippen molar-refractivity contribution in [3.63, 3.8) is 0 Å². The fraction of sp³-hybridized carbons (Fsp3) is 0.750. The van der Waals surface area contributed by atoms with Crippen LogP contribution in [0.4, 0.5) is 0 Å². The highest BCUT2D eigenvalue weighted by molar-refractivity contribution is 5.70. The quantitative estimate of drug-likeness (QED) is 0.626. The van der Waals surface area contributed by atoms with E-state index in [0.717, 1.165) is 0 Å². The molecule has 12 heavy (non-hydrogen) atoms. The zero-order valence-corrected chi connectivity index (χ0v) is 6.78. The molecule has 0 radical (unpaired) electrons. The van der Waals surface area contributed by atoms with Gasteiger partial charge in [0.15, 0.2) is 0 Å². The summed E-state index contributed by atoms with van der Waals surface area (Å²) in [6, 6.07) is 0. The zero-order chi connectivity index (χ0) is 8.97. The maximum Gasteiger partial charge on any atom is 0.305 e. The first-order chi connectivity index (χ1) is 5.68. The second-order valence-electron chi connectivity index (χ2n) is 3.01. The second kappa shape index (κ2) is 4.09. The average Bonchev–Trinajstić information content (AvgIpc) is 2.15. The molecule has 1 rings (SSSR count). The molecule has 4 nitrogen and oxygen atoms in total. The molecule has 1 heterocycles. The summed E-state index contributed by atoms with van der Waals surface area (Å²) in [5.41, 5.74) is 0. The Labute approximate surface area is 70.5 Å². The fourth-order valence-corrected chi connectivity index (χ4v) is 1.33. The number of cyclic esters (lactones) is 1. The van der Waals surface area contributed by atoms with E-state index in [0.29, 0.717) is 25.9 Å². The van der Waals surface area contributed by atoms with E-state index >= 15 is 0 Å². The highest BCUT2D eigenvalue weighted by Crippen LogP contribution is 2.19. The van der Waals surface area contributed by atoms with Gasteiger partial charge in [0, 0.05) is 12.8 Å².